The highest BCUT2D eigenvalue weighted by molar-refractivity contribution is 7.15. The Morgan fingerprint density at radius 1 is 1.03 bits per heavy atom. The van der Waals surface area contributed by atoms with E-state index < -0.39 is 0 Å². The molecule has 1 N–H and O–H groups in total. The number of aryl methyl sites for hydroxylation is 1. The normalized spacial score (nSPS) is 16.2. The van der Waals surface area contributed by atoms with Crippen molar-refractivity contribution in [2.24, 2.45) is 0 Å². The quantitative estimate of drug-likeness (QED) is 0.304. The maximum atomic E-state index is 14.1. The van der Waals surface area contributed by atoms with E-state index in [4.69, 9.17) is 4.74 Å². The fraction of sp³-hybridized carbons (Fsp3) is 0.323. The zero-order valence-corrected chi connectivity index (χ0v) is 23.1. The maximum absolute atomic E-state index is 14.1. The number of anilines is 2. The van der Waals surface area contributed by atoms with Gasteiger partial charge in [-0.3, -0.25) is 0 Å². The van der Waals surface area contributed by atoms with Crippen molar-refractivity contribution in [3.8, 4) is 10.8 Å². The largest absolute Gasteiger partial charge is 0.494 e. The van der Waals surface area contributed by atoms with Gasteiger partial charge in [0, 0.05) is 42.1 Å². The number of nitrogens with zero attached hydrogens (tertiary/aromatic N) is 3. The number of carbonyl (C=O) groups is 1. The lowest BCUT2D eigenvalue weighted by atomic mass is 9.95. The molecule has 0 saturated heterocycles. The third-order valence-electron chi connectivity index (χ3n) is 7.58. The Labute approximate surface area is 228 Å². The first kappa shape index (κ1) is 24.6. The number of amides is 2. The van der Waals surface area contributed by atoms with Gasteiger partial charge >= 0.3 is 6.03 Å². The monoisotopic (exact) mass is 526 g/mol. The molecule has 1 aliphatic heterocycles. The Hall–Kier alpha value is -3.71. The van der Waals surface area contributed by atoms with Crippen LogP contribution in [0.15, 0.2) is 66.9 Å². The molecular formula is C31H34N4O2S. The fourth-order valence-corrected chi connectivity index (χ4v) is 7.09. The van der Waals surface area contributed by atoms with Crippen molar-refractivity contribution in [1.82, 2.24) is 9.47 Å². The standard InChI is InChI=1S/C31H34N4O2S/c1-4-37-24-17-13-22(14-18-24)32-31(36)35-20-26-25-8-5-6-10-28(25)38-30(26)34-19-7-9-27(34)29(35)21-11-15-23(16-12-21)33(2)3/h7,9,11-19,29H,4-6,8,10,20H2,1-3H3,(H,32,36). The average molecular weight is 527 g/mol. The molecule has 2 amide bonds. The molecule has 0 spiro atoms. The van der Waals surface area contributed by atoms with Crippen LogP contribution in [0.25, 0.3) is 5.00 Å². The summed E-state index contributed by atoms with van der Waals surface area (Å²) in [5.74, 6) is 0.798. The number of fused-ring (bicyclic) bond motifs is 5. The second-order valence-electron chi connectivity index (χ2n) is 10.2. The molecule has 1 aliphatic carbocycles. The first-order valence-corrected chi connectivity index (χ1v) is 14.2. The van der Waals surface area contributed by atoms with Crippen LogP contribution in [-0.4, -0.2) is 36.2 Å². The molecular weight excluding hydrogens is 492 g/mol. The summed E-state index contributed by atoms with van der Waals surface area (Å²) in [6.45, 7) is 3.15. The number of carbonyl (C=O) groups excluding carboxylic acids is 1. The van der Waals surface area contributed by atoms with E-state index in [9.17, 15) is 4.79 Å². The van der Waals surface area contributed by atoms with Crippen LogP contribution in [0.2, 0.25) is 0 Å². The van der Waals surface area contributed by atoms with Gasteiger partial charge in [-0.25, -0.2) is 4.79 Å². The first-order valence-electron chi connectivity index (χ1n) is 13.4. The Morgan fingerprint density at radius 2 is 1.79 bits per heavy atom. The van der Waals surface area contributed by atoms with Gasteiger partial charge in [0.2, 0.25) is 0 Å². The fourth-order valence-electron chi connectivity index (χ4n) is 5.69. The molecule has 1 atom stereocenters. The molecule has 3 heterocycles. The van der Waals surface area contributed by atoms with Crippen LogP contribution < -0.4 is 15.0 Å². The minimum atomic E-state index is -0.220. The van der Waals surface area contributed by atoms with Gasteiger partial charge in [-0.15, -0.1) is 11.3 Å². The van der Waals surface area contributed by atoms with Gasteiger partial charge in [0.1, 0.15) is 10.8 Å². The molecule has 0 fully saturated rings. The van der Waals surface area contributed by atoms with Gasteiger partial charge in [-0.1, -0.05) is 12.1 Å². The number of hydrogen-bond acceptors (Lipinski definition) is 4. The van der Waals surface area contributed by atoms with Crippen molar-refractivity contribution in [3.05, 3.63) is 94.1 Å². The molecule has 196 valence electrons. The minimum Gasteiger partial charge on any atom is -0.494 e. The number of thiophene rings is 1. The Bertz CT molecular complexity index is 1440. The molecule has 6 nitrogen and oxygen atoms in total. The van der Waals surface area contributed by atoms with Crippen molar-refractivity contribution in [2.75, 3.05) is 30.9 Å². The lowest BCUT2D eigenvalue weighted by Gasteiger charge is -2.31. The highest BCUT2D eigenvalue weighted by Crippen LogP contribution is 2.44. The van der Waals surface area contributed by atoms with E-state index in [0.29, 0.717) is 13.2 Å². The summed E-state index contributed by atoms with van der Waals surface area (Å²) in [6.07, 6.45) is 6.84. The van der Waals surface area contributed by atoms with Gasteiger partial charge in [0.05, 0.1) is 24.9 Å². The highest BCUT2D eigenvalue weighted by Gasteiger charge is 2.36. The van der Waals surface area contributed by atoms with Crippen molar-refractivity contribution in [2.45, 2.75) is 45.2 Å². The lowest BCUT2D eigenvalue weighted by molar-refractivity contribution is 0.194. The van der Waals surface area contributed by atoms with Crippen molar-refractivity contribution in [3.63, 3.8) is 0 Å². The summed E-state index contributed by atoms with van der Waals surface area (Å²) in [5.41, 5.74) is 6.86. The highest BCUT2D eigenvalue weighted by atomic mass is 32.1. The molecule has 0 bridgehead atoms. The van der Waals surface area contributed by atoms with Crippen LogP contribution in [0, 0.1) is 0 Å². The van der Waals surface area contributed by atoms with Crippen molar-refractivity contribution >= 4 is 28.7 Å². The van der Waals surface area contributed by atoms with E-state index in [0.717, 1.165) is 41.2 Å². The third-order valence-corrected chi connectivity index (χ3v) is 8.91. The SMILES string of the molecule is CCOc1ccc(NC(=O)N2Cc3c(sc4c3CCCC4)-n3cccc3C2c2ccc(N(C)C)cc2)cc1. The Balaban J connectivity index is 1.43. The Kier molecular flexibility index (Phi) is 6.62. The van der Waals surface area contributed by atoms with Crippen LogP contribution in [-0.2, 0) is 19.4 Å². The average Bonchev–Trinajstić information content (AvgIpc) is 3.52. The molecule has 6 rings (SSSR count). The molecule has 38 heavy (non-hydrogen) atoms. The van der Waals surface area contributed by atoms with Crippen LogP contribution in [0.5, 0.6) is 5.75 Å². The smallest absolute Gasteiger partial charge is 0.322 e. The summed E-state index contributed by atoms with van der Waals surface area (Å²) in [5, 5.41) is 4.45. The van der Waals surface area contributed by atoms with Crippen LogP contribution in [0.4, 0.5) is 16.2 Å². The number of urea groups is 1. The van der Waals surface area contributed by atoms with Gasteiger partial charge in [-0.05, 0) is 92.3 Å². The molecule has 2 aliphatic rings. The minimum absolute atomic E-state index is 0.104. The number of hydrogen-bond donors (Lipinski definition) is 1. The number of benzene rings is 2. The molecule has 4 aromatic rings. The van der Waals surface area contributed by atoms with Gasteiger partial charge in [0.15, 0.2) is 0 Å². The van der Waals surface area contributed by atoms with E-state index in [1.165, 1.54) is 33.8 Å². The summed E-state index contributed by atoms with van der Waals surface area (Å²) in [6, 6.07) is 20.1. The number of aromatic nitrogens is 1. The number of rotatable bonds is 5. The van der Waals surface area contributed by atoms with Gasteiger partial charge < -0.3 is 24.4 Å². The third kappa shape index (κ3) is 4.45. The van der Waals surface area contributed by atoms with Crippen molar-refractivity contribution in [1.29, 1.82) is 0 Å². The van der Waals surface area contributed by atoms with E-state index in [2.05, 4.69) is 57.4 Å². The topological polar surface area (TPSA) is 49.7 Å². The van der Waals surface area contributed by atoms with E-state index in [-0.39, 0.29) is 12.1 Å². The van der Waals surface area contributed by atoms with E-state index in [1.54, 1.807) is 0 Å². The zero-order valence-electron chi connectivity index (χ0n) is 22.2. The number of nitrogens with one attached hydrogen (secondary N) is 1. The molecule has 2 aromatic heterocycles. The van der Waals surface area contributed by atoms with Crippen LogP contribution in [0.3, 0.4) is 0 Å². The van der Waals surface area contributed by atoms with E-state index in [1.807, 2.05) is 61.5 Å². The zero-order chi connectivity index (χ0) is 26.2. The van der Waals surface area contributed by atoms with Gasteiger partial charge in [0.25, 0.3) is 0 Å². The number of ether oxygens (including phenoxy) is 1. The molecule has 2 aromatic carbocycles. The predicted octanol–water partition coefficient (Wildman–Crippen LogP) is 7.02. The summed E-state index contributed by atoms with van der Waals surface area (Å²) in [7, 11) is 4.09. The molecule has 7 heteroatoms. The first-order chi connectivity index (χ1) is 18.5. The molecule has 0 saturated carbocycles. The summed E-state index contributed by atoms with van der Waals surface area (Å²) >= 11 is 1.91. The van der Waals surface area contributed by atoms with Crippen molar-refractivity contribution < 1.29 is 9.53 Å². The van der Waals surface area contributed by atoms with Crippen LogP contribution >= 0.6 is 11.3 Å². The maximum Gasteiger partial charge on any atom is 0.322 e. The second kappa shape index (κ2) is 10.2. The van der Waals surface area contributed by atoms with Gasteiger partial charge in [-0.2, -0.15) is 0 Å². The lowest BCUT2D eigenvalue weighted by Crippen LogP contribution is -2.38. The molecule has 0 radical (unpaired) electrons. The summed E-state index contributed by atoms with van der Waals surface area (Å²) in [4.78, 5) is 19.7. The predicted molar refractivity (Wildman–Crippen MR) is 155 cm³/mol. The Morgan fingerprint density at radius 3 is 2.53 bits per heavy atom. The van der Waals surface area contributed by atoms with Crippen LogP contribution in [0.1, 0.15) is 53.1 Å². The summed E-state index contributed by atoms with van der Waals surface area (Å²) < 4.78 is 7.91. The van der Waals surface area contributed by atoms with E-state index >= 15 is 0 Å². The molecule has 1 unspecified atom stereocenters. The second-order valence-corrected chi connectivity index (χ2v) is 11.3.